The number of anilines is 1. The monoisotopic (exact) mass is 371 g/mol. The van der Waals surface area contributed by atoms with Crippen LogP contribution in [-0.2, 0) is 16.0 Å². The second kappa shape index (κ2) is 7.89. The summed E-state index contributed by atoms with van der Waals surface area (Å²) in [6.45, 7) is 5.77. The molecule has 0 aliphatic carbocycles. The van der Waals surface area contributed by atoms with Gasteiger partial charge in [-0.25, -0.2) is 4.79 Å². The van der Waals surface area contributed by atoms with Gasteiger partial charge in [0.2, 0.25) is 5.91 Å². The van der Waals surface area contributed by atoms with Gasteiger partial charge in [0.15, 0.2) is 4.34 Å². The van der Waals surface area contributed by atoms with Gasteiger partial charge in [0.25, 0.3) is 0 Å². The van der Waals surface area contributed by atoms with Gasteiger partial charge in [-0.3, -0.25) is 4.79 Å². The number of nitrogens with zero attached hydrogens (tertiary/aromatic N) is 2. The van der Waals surface area contributed by atoms with E-state index in [1.165, 1.54) is 41.5 Å². The number of nitrogens with one attached hydrogen (secondary N) is 1. The Morgan fingerprint density at radius 3 is 2.57 bits per heavy atom. The summed E-state index contributed by atoms with van der Waals surface area (Å²) in [5, 5.41) is 12.1. The first-order valence-corrected chi connectivity index (χ1v) is 9.51. The van der Waals surface area contributed by atoms with Gasteiger partial charge in [-0.2, -0.15) is 0 Å². The van der Waals surface area contributed by atoms with Crippen LogP contribution in [-0.4, -0.2) is 34.9 Å². The van der Waals surface area contributed by atoms with Crippen LogP contribution < -0.4 is 5.32 Å². The topological polar surface area (TPSA) is 81.2 Å². The molecular weight excluding hydrogens is 354 g/mol. The molecule has 0 saturated carbocycles. The van der Waals surface area contributed by atoms with Crippen molar-refractivity contribution in [3.05, 3.63) is 21.0 Å². The highest BCUT2D eigenvalue weighted by atomic mass is 32.2. The molecule has 6 nitrogen and oxygen atoms in total. The van der Waals surface area contributed by atoms with Crippen molar-refractivity contribution >= 4 is 51.3 Å². The summed E-state index contributed by atoms with van der Waals surface area (Å²) in [7, 11) is 1.34. The number of carbonyl (C=O) groups excluding carboxylic acids is 2. The molecule has 23 heavy (non-hydrogen) atoms. The minimum Gasteiger partial charge on any atom is -0.465 e. The molecule has 0 bridgehead atoms. The fourth-order valence-electron chi connectivity index (χ4n) is 2.04. The fraction of sp³-hybridized carbons (Fsp3) is 0.429. The summed E-state index contributed by atoms with van der Waals surface area (Å²) in [5.74, 6) is -0.390. The number of ether oxygens (including phenoxy) is 1. The second-order valence-corrected chi connectivity index (χ2v) is 8.24. The Labute approximate surface area is 146 Å². The third-order valence-electron chi connectivity index (χ3n) is 3.04. The number of hydrogen-bond donors (Lipinski definition) is 1. The van der Waals surface area contributed by atoms with Gasteiger partial charge < -0.3 is 10.1 Å². The molecule has 2 aromatic rings. The molecule has 0 radical (unpaired) electrons. The van der Waals surface area contributed by atoms with Crippen molar-refractivity contribution in [2.45, 2.75) is 31.5 Å². The number of hydrogen-bond acceptors (Lipinski definition) is 8. The molecule has 0 spiro atoms. The summed E-state index contributed by atoms with van der Waals surface area (Å²) in [6, 6.07) is 0. The average molecular weight is 372 g/mol. The molecule has 124 valence electrons. The number of esters is 1. The van der Waals surface area contributed by atoms with Crippen molar-refractivity contribution in [3.63, 3.8) is 0 Å². The van der Waals surface area contributed by atoms with Crippen LogP contribution in [0.15, 0.2) is 4.34 Å². The van der Waals surface area contributed by atoms with Crippen molar-refractivity contribution in [2.75, 3.05) is 18.2 Å². The Kier molecular flexibility index (Phi) is 6.14. The Hall–Kier alpha value is -1.45. The van der Waals surface area contributed by atoms with Gasteiger partial charge in [0.1, 0.15) is 10.0 Å². The zero-order valence-electron chi connectivity index (χ0n) is 13.3. The van der Waals surface area contributed by atoms with Gasteiger partial charge in [-0.05, 0) is 25.8 Å². The summed E-state index contributed by atoms with van der Waals surface area (Å²) in [6.07, 6.45) is 0.710. The standard InChI is InChI=1S/C14H17N3O3S3/c1-5-9-7(2)22-12(11(9)13(19)20-4)15-10(18)6-21-14-17-16-8(3)23-14/h5-6H2,1-4H3,(H,15,18). The predicted molar refractivity (Wildman–Crippen MR) is 93.8 cm³/mol. The Bertz CT molecular complexity index is 724. The molecule has 0 aliphatic heterocycles. The molecule has 0 aromatic carbocycles. The first kappa shape index (κ1) is 17.9. The van der Waals surface area contributed by atoms with Gasteiger partial charge in [0.05, 0.1) is 18.4 Å². The van der Waals surface area contributed by atoms with Crippen LogP contribution in [0.4, 0.5) is 5.00 Å². The predicted octanol–water partition coefficient (Wildman–Crippen LogP) is 3.30. The molecule has 0 unspecified atom stereocenters. The number of amides is 1. The molecule has 1 N–H and O–H groups in total. The lowest BCUT2D eigenvalue weighted by atomic mass is 10.1. The van der Waals surface area contributed by atoms with Crippen LogP contribution in [0.2, 0.25) is 0 Å². The maximum Gasteiger partial charge on any atom is 0.341 e. The molecule has 0 atom stereocenters. The van der Waals surface area contributed by atoms with Gasteiger partial charge in [0, 0.05) is 4.88 Å². The molecule has 0 saturated heterocycles. The summed E-state index contributed by atoms with van der Waals surface area (Å²) in [5.41, 5.74) is 1.38. The lowest BCUT2D eigenvalue weighted by Crippen LogP contribution is -2.16. The highest BCUT2D eigenvalue weighted by Gasteiger charge is 2.23. The van der Waals surface area contributed by atoms with E-state index in [4.69, 9.17) is 4.74 Å². The van der Waals surface area contributed by atoms with E-state index in [1.54, 1.807) is 0 Å². The molecule has 0 fully saturated rings. The number of thioether (sulfide) groups is 1. The van der Waals surface area contributed by atoms with E-state index in [0.29, 0.717) is 17.0 Å². The summed E-state index contributed by atoms with van der Waals surface area (Å²) in [4.78, 5) is 25.2. The summed E-state index contributed by atoms with van der Waals surface area (Å²) >= 11 is 4.17. The molecular formula is C14H17N3O3S3. The number of methoxy groups -OCH3 is 1. The van der Waals surface area contributed by atoms with Crippen molar-refractivity contribution in [2.24, 2.45) is 0 Å². The van der Waals surface area contributed by atoms with E-state index < -0.39 is 5.97 Å². The van der Waals surface area contributed by atoms with Crippen LogP contribution in [0.25, 0.3) is 0 Å². The molecule has 2 heterocycles. The number of rotatable bonds is 6. The maximum atomic E-state index is 12.1. The fourth-order valence-corrected chi connectivity index (χ4v) is 4.80. The maximum absolute atomic E-state index is 12.1. The highest BCUT2D eigenvalue weighted by Crippen LogP contribution is 2.34. The van der Waals surface area contributed by atoms with Crippen molar-refractivity contribution in [3.8, 4) is 0 Å². The zero-order valence-corrected chi connectivity index (χ0v) is 15.7. The Morgan fingerprint density at radius 1 is 1.26 bits per heavy atom. The number of thiophene rings is 1. The lowest BCUT2D eigenvalue weighted by Gasteiger charge is -2.06. The third kappa shape index (κ3) is 4.30. The van der Waals surface area contributed by atoms with E-state index in [0.717, 1.165) is 19.8 Å². The SMILES string of the molecule is CCc1c(C)sc(NC(=O)CSc2nnc(C)s2)c1C(=O)OC. The summed E-state index contributed by atoms with van der Waals surface area (Å²) < 4.78 is 5.59. The third-order valence-corrected chi connectivity index (χ3v) is 6.07. The number of aromatic nitrogens is 2. The van der Waals surface area contributed by atoms with Crippen molar-refractivity contribution in [1.29, 1.82) is 0 Å². The quantitative estimate of drug-likeness (QED) is 0.620. The van der Waals surface area contributed by atoms with Crippen LogP contribution in [0.3, 0.4) is 0 Å². The van der Waals surface area contributed by atoms with Crippen molar-refractivity contribution in [1.82, 2.24) is 10.2 Å². The molecule has 9 heteroatoms. The van der Waals surface area contributed by atoms with Crippen LogP contribution in [0, 0.1) is 13.8 Å². The molecule has 1 amide bonds. The Morgan fingerprint density at radius 2 is 2.00 bits per heavy atom. The van der Waals surface area contributed by atoms with Crippen LogP contribution >= 0.6 is 34.4 Å². The number of carbonyl (C=O) groups is 2. The van der Waals surface area contributed by atoms with E-state index in [2.05, 4.69) is 15.5 Å². The first-order valence-electron chi connectivity index (χ1n) is 6.89. The normalized spacial score (nSPS) is 10.6. The zero-order chi connectivity index (χ0) is 17.0. The second-order valence-electron chi connectivity index (χ2n) is 4.61. The van der Waals surface area contributed by atoms with Gasteiger partial charge in [-0.15, -0.1) is 21.5 Å². The van der Waals surface area contributed by atoms with Crippen LogP contribution in [0.5, 0.6) is 0 Å². The van der Waals surface area contributed by atoms with E-state index in [1.807, 2.05) is 20.8 Å². The van der Waals surface area contributed by atoms with E-state index in [9.17, 15) is 9.59 Å². The first-order chi connectivity index (χ1) is 11.0. The van der Waals surface area contributed by atoms with Gasteiger partial charge in [-0.1, -0.05) is 30.0 Å². The largest absolute Gasteiger partial charge is 0.465 e. The minimum absolute atomic E-state index is 0.183. The van der Waals surface area contributed by atoms with Gasteiger partial charge >= 0.3 is 5.97 Å². The van der Waals surface area contributed by atoms with Crippen LogP contribution in [0.1, 0.15) is 32.7 Å². The minimum atomic E-state index is -0.422. The van der Waals surface area contributed by atoms with E-state index in [-0.39, 0.29) is 11.7 Å². The highest BCUT2D eigenvalue weighted by molar-refractivity contribution is 8.01. The number of aryl methyl sites for hydroxylation is 2. The van der Waals surface area contributed by atoms with Crippen molar-refractivity contribution < 1.29 is 14.3 Å². The van der Waals surface area contributed by atoms with E-state index >= 15 is 0 Å². The molecule has 2 rings (SSSR count). The molecule has 0 aliphatic rings. The lowest BCUT2D eigenvalue weighted by molar-refractivity contribution is -0.113. The average Bonchev–Trinajstić information content (AvgIpc) is 3.07. The Balaban J connectivity index is 2.09. The molecule has 2 aromatic heterocycles. The smallest absolute Gasteiger partial charge is 0.341 e.